The number of hydrogen-bond donors (Lipinski definition) is 1. The first-order chi connectivity index (χ1) is 8.99. The predicted octanol–water partition coefficient (Wildman–Crippen LogP) is 3.37. The largest absolute Gasteiger partial charge is 0.314 e. The van der Waals surface area contributed by atoms with E-state index >= 15 is 0 Å². The van der Waals surface area contributed by atoms with Gasteiger partial charge >= 0.3 is 0 Å². The Labute approximate surface area is 124 Å². The van der Waals surface area contributed by atoms with Crippen LogP contribution >= 0.6 is 11.8 Å². The van der Waals surface area contributed by atoms with Crippen molar-refractivity contribution in [3.8, 4) is 0 Å². The van der Waals surface area contributed by atoms with Gasteiger partial charge in [0.15, 0.2) is 0 Å². The van der Waals surface area contributed by atoms with Gasteiger partial charge in [-0.3, -0.25) is 0 Å². The van der Waals surface area contributed by atoms with E-state index in [2.05, 4.69) is 49.7 Å². The minimum Gasteiger partial charge on any atom is -0.314 e. The van der Waals surface area contributed by atoms with Gasteiger partial charge in [0.1, 0.15) is 0 Å². The lowest BCUT2D eigenvalue weighted by Crippen LogP contribution is -2.49. The number of thioether (sulfide) groups is 1. The van der Waals surface area contributed by atoms with Crippen LogP contribution in [0.2, 0.25) is 0 Å². The summed E-state index contributed by atoms with van der Waals surface area (Å²) in [6.45, 7) is 14.4. The zero-order chi connectivity index (χ0) is 13.9. The summed E-state index contributed by atoms with van der Waals surface area (Å²) < 4.78 is 0. The Balaban J connectivity index is 1.92. The van der Waals surface area contributed by atoms with Gasteiger partial charge in [0.05, 0.1) is 0 Å². The lowest BCUT2D eigenvalue weighted by molar-refractivity contribution is 0.144. The third-order valence-corrected chi connectivity index (χ3v) is 5.83. The zero-order valence-corrected chi connectivity index (χ0v) is 14.1. The van der Waals surface area contributed by atoms with E-state index in [-0.39, 0.29) is 0 Å². The first kappa shape index (κ1) is 15.7. The van der Waals surface area contributed by atoms with Crippen molar-refractivity contribution in [3.63, 3.8) is 0 Å². The standard InChI is InChI=1S/C16H32N2S/c1-13(2)17-11-16(7-5-6-8-16)12-18-9-14(3)19-15(4)10-18/h13-15,17H,5-12H2,1-4H3. The second-order valence-corrected chi connectivity index (χ2v) is 9.08. The molecule has 2 nitrogen and oxygen atoms in total. The van der Waals surface area contributed by atoms with Crippen LogP contribution in [0.3, 0.4) is 0 Å². The first-order valence-electron chi connectivity index (χ1n) is 8.10. The predicted molar refractivity (Wildman–Crippen MR) is 87.0 cm³/mol. The van der Waals surface area contributed by atoms with E-state index in [1.165, 1.54) is 51.9 Å². The van der Waals surface area contributed by atoms with Crippen LogP contribution in [0, 0.1) is 5.41 Å². The molecule has 2 aliphatic rings. The Hall–Kier alpha value is 0.270. The molecule has 1 saturated carbocycles. The molecule has 0 aromatic heterocycles. The molecule has 1 aliphatic carbocycles. The topological polar surface area (TPSA) is 15.3 Å². The van der Waals surface area contributed by atoms with Crippen molar-refractivity contribution in [2.24, 2.45) is 5.41 Å². The van der Waals surface area contributed by atoms with Crippen molar-refractivity contribution in [1.82, 2.24) is 10.2 Å². The van der Waals surface area contributed by atoms with E-state index in [4.69, 9.17) is 0 Å². The van der Waals surface area contributed by atoms with Crippen molar-refractivity contribution >= 4 is 11.8 Å². The van der Waals surface area contributed by atoms with Crippen LogP contribution < -0.4 is 5.32 Å². The molecule has 1 heterocycles. The Morgan fingerprint density at radius 3 is 2.26 bits per heavy atom. The van der Waals surface area contributed by atoms with E-state index in [1.54, 1.807) is 0 Å². The molecule has 2 atom stereocenters. The number of nitrogens with zero attached hydrogens (tertiary/aromatic N) is 1. The van der Waals surface area contributed by atoms with Gasteiger partial charge in [-0.1, -0.05) is 40.5 Å². The number of nitrogens with one attached hydrogen (secondary N) is 1. The fourth-order valence-corrected chi connectivity index (χ4v) is 5.21. The van der Waals surface area contributed by atoms with E-state index in [9.17, 15) is 0 Å². The minimum absolute atomic E-state index is 0.561. The molecule has 0 aromatic rings. The maximum Gasteiger partial charge on any atom is 0.0149 e. The molecule has 0 aromatic carbocycles. The quantitative estimate of drug-likeness (QED) is 0.833. The van der Waals surface area contributed by atoms with Crippen LogP contribution in [-0.2, 0) is 0 Å². The Morgan fingerprint density at radius 1 is 1.16 bits per heavy atom. The van der Waals surface area contributed by atoms with Crippen LogP contribution in [0.4, 0.5) is 0 Å². The average molecular weight is 285 g/mol. The van der Waals surface area contributed by atoms with Gasteiger partial charge in [0.25, 0.3) is 0 Å². The summed E-state index contributed by atoms with van der Waals surface area (Å²) in [4.78, 5) is 2.75. The zero-order valence-electron chi connectivity index (χ0n) is 13.2. The highest BCUT2D eigenvalue weighted by atomic mass is 32.2. The normalized spacial score (nSPS) is 32.1. The molecular weight excluding hydrogens is 252 g/mol. The molecule has 112 valence electrons. The van der Waals surface area contributed by atoms with Gasteiger partial charge in [0, 0.05) is 42.7 Å². The van der Waals surface area contributed by atoms with Crippen LogP contribution in [0.1, 0.15) is 53.4 Å². The Kier molecular flexibility index (Phi) is 5.62. The lowest BCUT2D eigenvalue weighted by atomic mass is 9.85. The van der Waals surface area contributed by atoms with E-state index < -0.39 is 0 Å². The summed E-state index contributed by atoms with van der Waals surface area (Å²) in [5.74, 6) is 0. The highest BCUT2D eigenvalue weighted by molar-refractivity contribution is 8.00. The summed E-state index contributed by atoms with van der Waals surface area (Å²) in [5, 5.41) is 5.32. The van der Waals surface area contributed by atoms with Gasteiger partial charge < -0.3 is 10.2 Å². The molecule has 0 spiro atoms. The monoisotopic (exact) mass is 284 g/mol. The SMILES string of the molecule is CC(C)NCC1(CN2CC(C)SC(C)C2)CCCC1. The van der Waals surface area contributed by atoms with Crippen molar-refractivity contribution in [3.05, 3.63) is 0 Å². The van der Waals surface area contributed by atoms with Crippen molar-refractivity contribution in [2.45, 2.75) is 69.9 Å². The third-order valence-electron chi connectivity index (χ3n) is 4.60. The van der Waals surface area contributed by atoms with E-state index in [1.807, 2.05) is 0 Å². The first-order valence-corrected chi connectivity index (χ1v) is 9.05. The van der Waals surface area contributed by atoms with Gasteiger partial charge in [-0.15, -0.1) is 0 Å². The highest BCUT2D eigenvalue weighted by Gasteiger charge is 2.37. The van der Waals surface area contributed by atoms with Gasteiger partial charge in [-0.25, -0.2) is 0 Å². The fourth-order valence-electron chi connectivity index (χ4n) is 3.82. The van der Waals surface area contributed by atoms with Crippen LogP contribution in [0.15, 0.2) is 0 Å². The van der Waals surface area contributed by atoms with Gasteiger partial charge in [-0.05, 0) is 18.3 Å². The third kappa shape index (κ3) is 4.64. The Bertz CT molecular complexity index is 264. The average Bonchev–Trinajstić information content (AvgIpc) is 2.74. The van der Waals surface area contributed by atoms with Crippen LogP contribution in [-0.4, -0.2) is 47.6 Å². The summed E-state index contributed by atoms with van der Waals surface area (Å²) in [7, 11) is 0. The summed E-state index contributed by atoms with van der Waals surface area (Å²) in [6, 6.07) is 0.618. The highest BCUT2D eigenvalue weighted by Crippen LogP contribution is 2.39. The molecule has 0 bridgehead atoms. The maximum atomic E-state index is 3.71. The summed E-state index contributed by atoms with van der Waals surface area (Å²) in [5.41, 5.74) is 0.561. The molecule has 0 amide bonds. The van der Waals surface area contributed by atoms with Crippen LogP contribution in [0.5, 0.6) is 0 Å². The van der Waals surface area contributed by atoms with E-state index in [0.29, 0.717) is 11.5 Å². The van der Waals surface area contributed by atoms with Gasteiger partial charge in [0.2, 0.25) is 0 Å². The summed E-state index contributed by atoms with van der Waals surface area (Å²) in [6.07, 6.45) is 5.74. The molecule has 1 aliphatic heterocycles. The minimum atomic E-state index is 0.561. The molecule has 1 N–H and O–H groups in total. The van der Waals surface area contributed by atoms with E-state index in [0.717, 1.165) is 10.5 Å². The molecular formula is C16H32N2S. The van der Waals surface area contributed by atoms with Crippen molar-refractivity contribution in [2.75, 3.05) is 26.2 Å². The Morgan fingerprint density at radius 2 is 1.74 bits per heavy atom. The molecule has 2 unspecified atom stereocenters. The maximum absolute atomic E-state index is 3.71. The molecule has 3 heteroatoms. The summed E-state index contributed by atoms with van der Waals surface area (Å²) >= 11 is 2.16. The molecule has 19 heavy (non-hydrogen) atoms. The lowest BCUT2D eigenvalue weighted by Gasteiger charge is -2.41. The van der Waals surface area contributed by atoms with Crippen molar-refractivity contribution in [1.29, 1.82) is 0 Å². The second-order valence-electron chi connectivity index (χ2n) is 7.19. The second kappa shape index (κ2) is 6.82. The molecule has 0 radical (unpaired) electrons. The molecule has 2 fully saturated rings. The molecule has 1 saturated heterocycles. The smallest absolute Gasteiger partial charge is 0.0149 e. The number of hydrogen-bond acceptors (Lipinski definition) is 3. The van der Waals surface area contributed by atoms with Crippen molar-refractivity contribution < 1.29 is 0 Å². The van der Waals surface area contributed by atoms with Gasteiger partial charge in [-0.2, -0.15) is 11.8 Å². The fraction of sp³-hybridized carbons (Fsp3) is 1.00. The molecule has 2 rings (SSSR count). The number of rotatable bonds is 5. The van der Waals surface area contributed by atoms with Crippen LogP contribution in [0.25, 0.3) is 0 Å².